The third kappa shape index (κ3) is 4.13. The van der Waals surface area contributed by atoms with Crippen LogP contribution in [0.5, 0.6) is 0 Å². The van der Waals surface area contributed by atoms with E-state index in [4.69, 9.17) is 4.74 Å². The highest BCUT2D eigenvalue weighted by atomic mass is 16.5. The zero-order valence-corrected chi connectivity index (χ0v) is 15.2. The van der Waals surface area contributed by atoms with E-state index in [9.17, 15) is 0 Å². The van der Waals surface area contributed by atoms with Crippen LogP contribution in [0.4, 0.5) is 0 Å². The van der Waals surface area contributed by atoms with Crippen LogP contribution in [0, 0.1) is 6.92 Å². The normalized spacial score (nSPS) is 20.4. The van der Waals surface area contributed by atoms with Gasteiger partial charge in [0.25, 0.3) is 0 Å². The van der Waals surface area contributed by atoms with Crippen LogP contribution in [0.2, 0.25) is 0 Å². The Bertz CT molecular complexity index is 668. The molecule has 4 nitrogen and oxygen atoms in total. The quantitative estimate of drug-likeness (QED) is 0.821. The Hall–Kier alpha value is -1.65. The van der Waals surface area contributed by atoms with E-state index in [1.165, 1.54) is 55.3 Å². The Morgan fingerprint density at radius 3 is 2.52 bits per heavy atom. The fourth-order valence-corrected chi connectivity index (χ4v) is 4.17. The number of hydrogen-bond donors (Lipinski definition) is 0. The molecule has 2 fully saturated rings. The number of ether oxygens (including phenoxy) is 1. The van der Waals surface area contributed by atoms with E-state index in [1.54, 1.807) is 0 Å². The maximum absolute atomic E-state index is 6.30. The smallest absolute Gasteiger partial charge is 0.0991 e. The van der Waals surface area contributed by atoms with Gasteiger partial charge in [-0.25, -0.2) is 4.98 Å². The summed E-state index contributed by atoms with van der Waals surface area (Å²) in [4.78, 5) is 6.71. The van der Waals surface area contributed by atoms with Crippen LogP contribution in [-0.4, -0.2) is 39.7 Å². The molecule has 0 spiro atoms. The highest BCUT2D eigenvalue weighted by Gasteiger charge is 2.24. The van der Waals surface area contributed by atoms with Gasteiger partial charge in [0.15, 0.2) is 0 Å². The fraction of sp³-hybridized carbons (Fsp3) is 0.571. The van der Waals surface area contributed by atoms with E-state index in [0.29, 0.717) is 12.2 Å². The maximum Gasteiger partial charge on any atom is 0.0991 e. The van der Waals surface area contributed by atoms with Crippen molar-refractivity contribution in [2.75, 3.05) is 13.1 Å². The van der Waals surface area contributed by atoms with Crippen LogP contribution in [0.1, 0.15) is 49.7 Å². The molecule has 2 aromatic rings. The maximum atomic E-state index is 6.30. The van der Waals surface area contributed by atoms with E-state index >= 15 is 0 Å². The van der Waals surface area contributed by atoms with Crippen molar-refractivity contribution >= 4 is 0 Å². The van der Waals surface area contributed by atoms with Crippen LogP contribution in [0.25, 0.3) is 5.69 Å². The molecule has 1 aliphatic carbocycles. The number of likely N-dealkylation sites (tertiary alicyclic amines) is 1. The van der Waals surface area contributed by atoms with E-state index in [0.717, 1.165) is 19.6 Å². The first-order valence-electron chi connectivity index (χ1n) is 9.73. The van der Waals surface area contributed by atoms with Crippen LogP contribution < -0.4 is 0 Å². The third-order valence-electron chi connectivity index (χ3n) is 5.74. The summed E-state index contributed by atoms with van der Waals surface area (Å²) < 4.78 is 8.35. The lowest BCUT2D eigenvalue weighted by atomic mass is 10.0. The number of aromatic nitrogens is 2. The third-order valence-corrected chi connectivity index (χ3v) is 5.74. The van der Waals surface area contributed by atoms with E-state index in [-0.39, 0.29) is 0 Å². The SMILES string of the molecule is Cc1cc(-n2ccnc2)ccc1CN1CCC(OC2CCCC2)CC1. The molecule has 1 aliphatic heterocycles. The number of hydrogen-bond acceptors (Lipinski definition) is 3. The molecule has 0 atom stereocenters. The first kappa shape index (κ1) is 16.8. The topological polar surface area (TPSA) is 30.3 Å². The van der Waals surface area contributed by atoms with E-state index in [2.05, 4.69) is 39.6 Å². The number of aryl methyl sites for hydroxylation is 1. The van der Waals surface area contributed by atoms with Crippen molar-refractivity contribution in [3.8, 4) is 5.69 Å². The van der Waals surface area contributed by atoms with Crippen molar-refractivity contribution in [3.63, 3.8) is 0 Å². The Balaban J connectivity index is 1.31. The summed E-state index contributed by atoms with van der Waals surface area (Å²) in [5.74, 6) is 0. The molecule has 4 heteroatoms. The first-order chi connectivity index (χ1) is 12.3. The lowest BCUT2D eigenvalue weighted by molar-refractivity contribution is -0.0400. The zero-order chi connectivity index (χ0) is 17.1. The van der Waals surface area contributed by atoms with E-state index < -0.39 is 0 Å². The molecule has 1 aromatic carbocycles. The second-order valence-corrected chi connectivity index (χ2v) is 7.60. The van der Waals surface area contributed by atoms with Gasteiger partial charge >= 0.3 is 0 Å². The number of imidazole rings is 1. The average molecular weight is 339 g/mol. The molecule has 4 rings (SSSR count). The number of nitrogens with zero attached hydrogens (tertiary/aromatic N) is 3. The lowest BCUT2D eigenvalue weighted by Gasteiger charge is -2.33. The number of benzene rings is 1. The van der Waals surface area contributed by atoms with Gasteiger partial charge in [-0.3, -0.25) is 4.90 Å². The molecule has 0 N–H and O–H groups in total. The van der Waals surface area contributed by atoms with Crippen LogP contribution in [0.15, 0.2) is 36.9 Å². The van der Waals surface area contributed by atoms with Crippen LogP contribution in [-0.2, 0) is 11.3 Å². The van der Waals surface area contributed by atoms with Gasteiger partial charge in [0.2, 0.25) is 0 Å². The number of piperidine rings is 1. The predicted molar refractivity (Wildman–Crippen MR) is 99.9 cm³/mol. The van der Waals surface area contributed by atoms with Crippen molar-refractivity contribution in [1.29, 1.82) is 0 Å². The predicted octanol–water partition coefficient (Wildman–Crippen LogP) is 4.10. The first-order valence-corrected chi connectivity index (χ1v) is 9.73. The van der Waals surface area contributed by atoms with Crippen LogP contribution in [0.3, 0.4) is 0 Å². The number of rotatable bonds is 5. The van der Waals surface area contributed by atoms with Crippen molar-refractivity contribution in [1.82, 2.24) is 14.5 Å². The molecule has 134 valence electrons. The molecule has 1 saturated heterocycles. The lowest BCUT2D eigenvalue weighted by Crippen LogP contribution is -2.37. The molecule has 2 heterocycles. The Labute approximate surface area is 150 Å². The summed E-state index contributed by atoms with van der Waals surface area (Å²) in [6.07, 6.45) is 14.3. The Kier molecular flexibility index (Phi) is 5.18. The molecular formula is C21H29N3O. The Morgan fingerprint density at radius 1 is 1.08 bits per heavy atom. The van der Waals surface area contributed by atoms with Gasteiger partial charge in [-0.1, -0.05) is 18.9 Å². The molecular weight excluding hydrogens is 310 g/mol. The molecule has 2 aliphatic rings. The summed E-state index contributed by atoms with van der Waals surface area (Å²) in [5.41, 5.74) is 3.97. The van der Waals surface area contributed by atoms with Crippen molar-refractivity contribution in [3.05, 3.63) is 48.0 Å². The summed E-state index contributed by atoms with van der Waals surface area (Å²) in [6, 6.07) is 6.72. The fourth-order valence-electron chi connectivity index (χ4n) is 4.17. The minimum atomic E-state index is 0.490. The highest BCUT2D eigenvalue weighted by Crippen LogP contribution is 2.26. The van der Waals surface area contributed by atoms with Crippen molar-refractivity contribution in [2.45, 2.75) is 64.2 Å². The molecule has 1 saturated carbocycles. The molecule has 25 heavy (non-hydrogen) atoms. The van der Waals surface area contributed by atoms with Crippen LogP contribution >= 0.6 is 0 Å². The van der Waals surface area contributed by atoms with E-state index in [1.807, 2.05) is 18.7 Å². The standard InChI is InChI=1S/C21H29N3O/c1-17-14-19(24-13-10-22-16-24)7-6-18(17)15-23-11-8-21(9-12-23)25-20-4-2-3-5-20/h6-7,10,13-14,16,20-21H,2-5,8-9,11-12,15H2,1H3. The van der Waals surface area contributed by atoms with Gasteiger partial charge < -0.3 is 9.30 Å². The average Bonchev–Trinajstić information content (AvgIpc) is 3.32. The molecule has 0 bridgehead atoms. The molecule has 1 aromatic heterocycles. The monoisotopic (exact) mass is 339 g/mol. The van der Waals surface area contributed by atoms with Crippen molar-refractivity contribution in [2.24, 2.45) is 0 Å². The molecule has 0 unspecified atom stereocenters. The van der Waals surface area contributed by atoms with Gasteiger partial charge in [-0.15, -0.1) is 0 Å². The zero-order valence-electron chi connectivity index (χ0n) is 15.2. The van der Waals surface area contributed by atoms with Gasteiger partial charge in [0, 0.05) is 37.7 Å². The van der Waals surface area contributed by atoms with Gasteiger partial charge in [0.1, 0.15) is 0 Å². The largest absolute Gasteiger partial charge is 0.375 e. The van der Waals surface area contributed by atoms with Crippen molar-refractivity contribution < 1.29 is 4.74 Å². The summed E-state index contributed by atoms with van der Waals surface area (Å²) in [6.45, 7) is 5.57. The highest BCUT2D eigenvalue weighted by molar-refractivity contribution is 5.40. The summed E-state index contributed by atoms with van der Waals surface area (Å²) in [5, 5.41) is 0. The summed E-state index contributed by atoms with van der Waals surface area (Å²) in [7, 11) is 0. The second kappa shape index (κ2) is 7.71. The van der Waals surface area contributed by atoms with Gasteiger partial charge in [0.05, 0.1) is 18.5 Å². The Morgan fingerprint density at radius 2 is 1.84 bits per heavy atom. The minimum Gasteiger partial charge on any atom is -0.375 e. The molecule has 0 amide bonds. The van der Waals surface area contributed by atoms with Gasteiger partial charge in [-0.2, -0.15) is 0 Å². The minimum absolute atomic E-state index is 0.490. The molecule has 0 radical (unpaired) electrons. The second-order valence-electron chi connectivity index (χ2n) is 7.60. The van der Waals surface area contributed by atoms with Gasteiger partial charge in [-0.05, 0) is 55.9 Å². The summed E-state index contributed by atoms with van der Waals surface area (Å²) >= 11 is 0.